The molecule has 0 amide bonds. The lowest BCUT2D eigenvalue weighted by atomic mass is 9.59. The van der Waals surface area contributed by atoms with E-state index in [1.807, 2.05) is 0 Å². The van der Waals surface area contributed by atoms with Crippen LogP contribution in [0.1, 0.15) is 46.5 Å². The highest BCUT2D eigenvalue weighted by molar-refractivity contribution is 5.76. The van der Waals surface area contributed by atoms with Crippen LogP contribution in [0.15, 0.2) is 11.6 Å². The van der Waals surface area contributed by atoms with Gasteiger partial charge in [-0.2, -0.15) is 0 Å². The molecular weight excluding hydrogens is 306 g/mol. The minimum absolute atomic E-state index is 0.0298. The molecule has 1 saturated heterocycles. The van der Waals surface area contributed by atoms with Gasteiger partial charge in [-0.05, 0) is 37.5 Å². The lowest BCUT2D eigenvalue weighted by Crippen LogP contribution is -2.51. The summed E-state index contributed by atoms with van der Waals surface area (Å²) in [6, 6.07) is 0. The van der Waals surface area contributed by atoms with Gasteiger partial charge in [-0.25, -0.2) is 0 Å². The summed E-state index contributed by atoms with van der Waals surface area (Å²) >= 11 is 0. The van der Waals surface area contributed by atoms with E-state index in [1.54, 1.807) is 6.92 Å². The van der Waals surface area contributed by atoms with Gasteiger partial charge in [-0.15, -0.1) is 0 Å². The largest absolute Gasteiger partial charge is 0.461 e. The van der Waals surface area contributed by atoms with Crippen molar-refractivity contribution in [2.24, 2.45) is 23.2 Å². The fourth-order valence-corrected chi connectivity index (χ4v) is 4.80. The summed E-state index contributed by atoms with van der Waals surface area (Å²) in [5, 5.41) is 22.0. The predicted octanol–water partition coefficient (Wildman–Crippen LogP) is 1.63. The van der Waals surface area contributed by atoms with Crippen LogP contribution < -0.4 is 5.32 Å². The monoisotopic (exact) mass is 337 g/mol. The highest BCUT2D eigenvalue weighted by Gasteiger charge is 2.51. The zero-order valence-electron chi connectivity index (χ0n) is 15.0. The van der Waals surface area contributed by atoms with Crippen molar-refractivity contribution in [2.45, 2.75) is 58.1 Å². The molecule has 3 rings (SSSR count). The molecule has 5 atom stereocenters. The van der Waals surface area contributed by atoms with Crippen LogP contribution >= 0.6 is 0 Å². The number of aliphatic hydroxyl groups is 2. The van der Waals surface area contributed by atoms with Crippen LogP contribution in [0.25, 0.3) is 0 Å². The van der Waals surface area contributed by atoms with Crippen LogP contribution in [0.3, 0.4) is 0 Å². The quantitative estimate of drug-likeness (QED) is 0.525. The highest BCUT2D eigenvalue weighted by atomic mass is 16.6. The van der Waals surface area contributed by atoms with Gasteiger partial charge in [0.25, 0.3) is 0 Å². The Kier molecular flexibility index (Phi) is 4.80. The molecule has 2 aliphatic carbocycles. The van der Waals surface area contributed by atoms with Gasteiger partial charge in [0.15, 0.2) is 0 Å². The molecule has 0 radical (unpaired) electrons. The summed E-state index contributed by atoms with van der Waals surface area (Å²) < 4.78 is 5.71. The first kappa shape index (κ1) is 17.9. The Balaban J connectivity index is 1.79. The van der Waals surface area contributed by atoms with Gasteiger partial charge in [0.1, 0.15) is 6.10 Å². The molecule has 3 aliphatic rings. The van der Waals surface area contributed by atoms with Crippen molar-refractivity contribution in [1.82, 2.24) is 5.32 Å². The number of rotatable bonds is 5. The van der Waals surface area contributed by atoms with E-state index in [2.05, 4.69) is 25.2 Å². The molecule has 0 aromatic heterocycles. The Bertz CT molecular complexity index is 527. The first-order chi connectivity index (χ1) is 11.3. The number of carbonyl (C=O) groups excluding carboxylic acids is 1. The molecule has 5 unspecified atom stereocenters. The van der Waals surface area contributed by atoms with Crippen molar-refractivity contribution in [2.75, 3.05) is 19.8 Å². The lowest BCUT2D eigenvalue weighted by Gasteiger charge is -2.46. The molecule has 5 heteroatoms. The van der Waals surface area contributed by atoms with Crippen molar-refractivity contribution < 1.29 is 19.7 Å². The second-order valence-corrected chi connectivity index (χ2v) is 8.60. The smallest absolute Gasteiger partial charge is 0.311 e. The van der Waals surface area contributed by atoms with Gasteiger partial charge in [0.05, 0.1) is 24.7 Å². The third kappa shape index (κ3) is 3.02. The van der Waals surface area contributed by atoms with Gasteiger partial charge in [0.2, 0.25) is 0 Å². The van der Waals surface area contributed by atoms with Crippen molar-refractivity contribution in [3.8, 4) is 0 Å². The van der Waals surface area contributed by atoms with Crippen LogP contribution in [0.2, 0.25) is 0 Å². The molecule has 0 aromatic rings. The summed E-state index contributed by atoms with van der Waals surface area (Å²) in [6.45, 7) is 6.45. The van der Waals surface area contributed by atoms with Gasteiger partial charge in [0, 0.05) is 12.5 Å². The van der Waals surface area contributed by atoms with Gasteiger partial charge in [-0.1, -0.05) is 31.9 Å². The molecule has 1 heterocycles. The van der Waals surface area contributed by atoms with Crippen LogP contribution in [0.4, 0.5) is 0 Å². The van der Waals surface area contributed by atoms with Gasteiger partial charge < -0.3 is 20.3 Å². The molecule has 136 valence electrons. The van der Waals surface area contributed by atoms with E-state index in [9.17, 15) is 15.0 Å². The van der Waals surface area contributed by atoms with Crippen molar-refractivity contribution in [3.05, 3.63) is 11.6 Å². The SMILES string of the molecule is CC1CCCC2(C)CC3OC(=O)C(CNC(C)(CO)CO)C3C=C12. The van der Waals surface area contributed by atoms with E-state index in [0.717, 1.165) is 6.42 Å². The van der Waals surface area contributed by atoms with Crippen LogP contribution in [-0.2, 0) is 9.53 Å². The fourth-order valence-electron chi connectivity index (χ4n) is 4.80. The summed E-state index contributed by atoms with van der Waals surface area (Å²) in [7, 11) is 0. The molecule has 3 N–H and O–H groups in total. The maximum Gasteiger partial charge on any atom is 0.311 e. The van der Waals surface area contributed by atoms with E-state index < -0.39 is 5.54 Å². The number of aliphatic hydroxyl groups excluding tert-OH is 2. The average molecular weight is 337 g/mol. The maximum absolute atomic E-state index is 12.4. The highest BCUT2D eigenvalue weighted by Crippen LogP contribution is 2.53. The Morgan fingerprint density at radius 2 is 2.12 bits per heavy atom. The predicted molar refractivity (Wildman–Crippen MR) is 91.3 cm³/mol. The molecule has 1 saturated carbocycles. The zero-order valence-corrected chi connectivity index (χ0v) is 15.0. The number of carbonyl (C=O) groups is 1. The Labute approximate surface area is 144 Å². The number of nitrogens with one attached hydrogen (secondary N) is 1. The minimum atomic E-state index is -0.771. The Morgan fingerprint density at radius 1 is 1.42 bits per heavy atom. The molecular formula is C19H31NO4. The second kappa shape index (κ2) is 6.43. The van der Waals surface area contributed by atoms with Crippen molar-refractivity contribution in [1.29, 1.82) is 0 Å². The molecule has 0 aromatic carbocycles. The number of hydrogen-bond acceptors (Lipinski definition) is 5. The van der Waals surface area contributed by atoms with Crippen LogP contribution in [0.5, 0.6) is 0 Å². The number of esters is 1. The topological polar surface area (TPSA) is 78.8 Å². The summed E-state index contributed by atoms with van der Waals surface area (Å²) in [4.78, 5) is 12.4. The normalized spacial score (nSPS) is 39.0. The summed E-state index contributed by atoms with van der Waals surface area (Å²) in [5.74, 6) is 0.297. The maximum atomic E-state index is 12.4. The molecule has 2 fully saturated rings. The molecule has 0 bridgehead atoms. The minimum Gasteiger partial charge on any atom is -0.461 e. The summed E-state index contributed by atoms with van der Waals surface area (Å²) in [6.07, 6.45) is 6.87. The third-order valence-corrected chi connectivity index (χ3v) is 6.53. The standard InChI is InChI=1S/C19H31NO4/c1-12-5-4-6-18(2)8-16-13(7-15(12)18)14(17(23)24-16)9-20-19(3,10-21)11-22/h7,12-14,16,20-22H,4-6,8-11H2,1-3H3. The zero-order chi connectivity index (χ0) is 17.5. The van der Waals surface area contributed by atoms with Crippen molar-refractivity contribution >= 4 is 5.97 Å². The first-order valence-corrected chi connectivity index (χ1v) is 9.21. The Morgan fingerprint density at radius 3 is 2.79 bits per heavy atom. The van der Waals surface area contributed by atoms with Gasteiger partial charge in [-0.3, -0.25) is 4.79 Å². The molecule has 0 spiro atoms. The summed E-state index contributed by atoms with van der Waals surface area (Å²) in [5.41, 5.74) is 0.907. The number of ether oxygens (including phenoxy) is 1. The molecule has 1 aliphatic heterocycles. The third-order valence-electron chi connectivity index (χ3n) is 6.53. The number of hydrogen-bond donors (Lipinski definition) is 3. The van der Waals surface area contributed by atoms with E-state index in [0.29, 0.717) is 12.5 Å². The van der Waals surface area contributed by atoms with Crippen molar-refractivity contribution in [3.63, 3.8) is 0 Å². The lowest BCUT2D eigenvalue weighted by molar-refractivity contribution is -0.145. The second-order valence-electron chi connectivity index (χ2n) is 8.60. The number of allylic oxidation sites excluding steroid dienone is 1. The van der Waals surface area contributed by atoms with Crippen LogP contribution in [0, 0.1) is 23.2 Å². The first-order valence-electron chi connectivity index (χ1n) is 9.21. The van der Waals surface area contributed by atoms with Gasteiger partial charge >= 0.3 is 5.97 Å². The molecule has 24 heavy (non-hydrogen) atoms. The van der Waals surface area contributed by atoms with E-state index >= 15 is 0 Å². The van der Waals surface area contributed by atoms with E-state index in [4.69, 9.17) is 4.74 Å². The fraction of sp³-hybridized carbons (Fsp3) is 0.842. The van der Waals surface area contributed by atoms with E-state index in [-0.39, 0.29) is 42.5 Å². The number of fused-ring (bicyclic) bond motifs is 2. The Hall–Kier alpha value is -0.910. The van der Waals surface area contributed by atoms with Crippen LogP contribution in [-0.4, -0.2) is 47.6 Å². The molecule has 5 nitrogen and oxygen atoms in total. The average Bonchev–Trinajstić information content (AvgIpc) is 2.84. The van der Waals surface area contributed by atoms with E-state index in [1.165, 1.54) is 24.8 Å².